The van der Waals surface area contributed by atoms with Crippen LogP contribution in [0.4, 0.5) is 11.8 Å². The molecule has 9 nitrogen and oxygen atoms in total. The molecule has 10 heteroatoms. The molecule has 3 rings (SSSR count). The maximum atomic E-state index is 12.1. The van der Waals surface area contributed by atoms with E-state index in [0.717, 1.165) is 5.56 Å². The van der Waals surface area contributed by atoms with Gasteiger partial charge in [-0.3, -0.25) is 4.68 Å². The largest absolute Gasteiger partial charge is 0.383 e. The lowest BCUT2D eigenvalue weighted by Crippen LogP contribution is -2.22. The van der Waals surface area contributed by atoms with E-state index in [4.69, 9.17) is 5.73 Å². The number of rotatable bonds is 5. The zero-order chi connectivity index (χ0) is 18.2. The van der Waals surface area contributed by atoms with Gasteiger partial charge in [0.2, 0.25) is 16.0 Å². The second kappa shape index (κ2) is 6.30. The first-order chi connectivity index (χ1) is 11.8. The van der Waals surface area contributed by atoms with Gasteiger partial charge < -0.3 is 11.1 Å². The molecule has 132 valence electrons. The van der Waals surface area contributed by atoms with E-state index in [1.807, 2.05) is 0 Å². The van der Waals surface area contributed by atoms with Crippen molar-refractivity contribution in [1.82, 2.24) is 24.1 Å². The van der Waals surface area contributed by atoms with Gasteiger partial charge in [-0.25, -0.2) is 12.7 Å². The maximum Gasteiger partial charge on any atom is 0.242 e. The summed E-state index contributed by atoms with van der Waals surface area (Å²) in [7, 11) is 1.36. The third-order valence-electron chi connectivity index (χ3n) is 3.77. The molecule has 0 saturated heterocycles. The zero-order valence-electron chi connectivity index (χ0n) is 14.1. The molecule has 2 aromatic heterocycles. The summed E-state index contributed by atoms with van der Waals surface area (Å²) in [5.74, 6) is 0.742. The number of anilines is 2. The number of nitrogens with zero attached hydrogens (tertiary/aromatic N) is 5. The van der Waals surface area contributed by atoms with E-state index < -0.39 is 10.0 Å². The zero-order valence-corrected chi connectivity index (χ0v) is 14.9. The molecule has 0 amide bonds. The molecule has 2 heterocycles. The topological polar surface area (TPSA) is 119 Å². The summed E-state index contributed by atoms with van der Waals surface area (Å²) >= 11 is 0. The van der Waals surface area contributed by atoms with Gasteiger partial charge in [0.25, 0.3) is 0 Å². The van der Waals surface area contributed by atoms with Crippen LogP contribution in [0, 0.1) is 0 Å². The van der Waals surface area contributed by atoms with Crippen LogP contribution < -0.4 is 11.1 Å². The minimum Gasteiger partial charge on any atom is -0.383 e. The van der Waals surface area contributed by atoms with Gasteiger partial charge in [0.1, 0.15) is 5.82 Å². The molecule has 3 aromatic rings. The third kappa shape index (κ3) is 3.26. The molecule has 1 aromatic carbocycles. The van der Waals surface area contributed by atoms with Crippen LogP contribution in [0.5, 0.6) is 0 Å². The predicted molar refractivity (Wildman–Crippen MR) is 95.4 cm³/mol. The Morgan fingerprint density at radius 1 is 1.20 bits per heavy atom. The van der Waals surface area contributed by atoms with Gasteiger partial charge in [-0.15, -0.1) is 0 Å². The van der Waals surface area contributed by atoms with Crippen LogP contribution in [0.1, 0.15) is 5.56 Å². The highest BCUT2D eigenvalue weighted by Gasteiger charge is 2.16. The molecule has 0 aliphatic carbocycles. The maximum absolute atomic E-state index is 12.1. The van der Waals surface area contributed by atoms with Crippen LogP contribution >= 0.6 is 0 Å². The van der Waals surface area contributed by atoms with Crippen LogP contribution in [0.25, 0.3) is 11.0 Å². The first kappa shape index (κ1) is 17.1. The van der Waals surface area contributed by atoms with Crippen LogP contribution in [0.2, 0.25) is 0 Å². The van der Waals surface area contributed by atoms with E-state index in [1.165, 1.54) is 18.4 Å². The van der Waals surface area contributed by atoms with Crippen molar-refractivity contribution in [2.24, 2.45) is 7.05 Å². The summed E-state index contributed by atoms with van der Waals surface area (Å²) in [4.78, 5) is 8.84. The number of aryl methyl sites for hydroxylation is 1. The first-order valence-electron chi connectivity index (χ1n) is 7.49. The second-order valence-corrected chi connectivity index (χ2v) is 7.87. The Labute approximate surface area is 145 Å². The fourth-order valence-corrected chi connectivity index (χ4v) is 3.20. The van der Waals surface area contributed by atoms with E-state index in [1.54, 1.807) is 42.2 Å². The summed E-state index contributed by atoms with van der Waals surface area (Å²) in [6.45, 7) is 0.436. The lowest BCUT2D eigenvalue weighted by molar-refractivity contribution is 0.520. The lowest BCUT2D eigenvalue weighted by Gasteiger charge is -2.12. The number of sulfonamides is 1. The average Bonchev–Trinajstić information content (AvgIpc) is 2.95. The number of benzene rings is 1. The molecule has 0 bridgehead atoms. The average molecular weight is 361 g/mol. The molecule has 0 saturated carbocycles. The van der Waals surface area contributed by atoms with Crippen LogP contribution in [-0.2, 0) is 23.6 Å². The molecule has 25 heavy (non-hydrogen) atoms. The van der Waals surface area contributed by atoms with Crippen molar-refractivity contribution in [2.75, 3.05) is 25.1 Å². The third-order valence-corrected chi connectivity index (χ3v) is 5.60. The summed E-state index contributed by atoms with van der Waals surface area (Å²) in [6.07, 6.45) is 1.62. The number of hydrogen-bond donors (Lipinski definition) is 2. The molecule has 0 spiro atoms. The fraction of sp³-hybridized carbons (Fsp3) is 0.267. The summed E-state index contributed by atoms with van der Waals surface area (Å²) in [6, 6.07) is 6.64. The predicted octanol–water partition coefficient (Wildman–Crippen LogP) is 0.808. The molecule has 0 unspecified atom stereocenters. The van der Waals surface area contributed by atoms with Gasteiger partial charge in [0.05, 0.1) is 16.5 Å². The monoisotopic (exact) mass is 361 g/mol. The van der Waals surface area contributed by atoms with Crippen molar-refractivity contribution in [3.05, 3.63) is 36.0 Å². The fourth-order valence-electron chi connectivity index (χ4n) is 2.29. The number of fused-ring (bicyclic) bond motifs is 1. The van der Waals surface area contributed by atoms with E-state index in [9.17, 15) is 8.42 Å². The first-order valence-corrected chi connectivity index (χ1v) is 8.93. The van der Waals surface area contributed by atoms with Gasteiger partial charge in [-0.1, -0.05) is 12.1 Å². The SMILES string of the molecule is CN(C)S(=O)(=O)c1ccc(CNc2nc(N)c3cnn(C)c3n2)cc1. The molecule has 0 radical (unpaired) electrons. The highest BCUT2D eigenvalue weighted by atomic mass is 32.2. The molecule has 3 N–H and O–H groups in total. The Balaban J connectivity index is 1.77. The number of nitrogens with two attached hydrogens (primary N) is 1. The van der Waals surface area contributed by atoms with Crippen LogP contribution in [-0.4, -0.2) is 46.6 Å². The summed E-state index contributed by atoms with van der Waals surface area (Å²) < 4.78 is 26.9. The minimum absolute atomic E-state index is 0.248. The molecule has 0 fully saturated rings. The Hall–Kier alpha value is -2.72. The van der Waals surface area contributed by atoms with Gasteiger partial charge in [0.15, 0.2) is 5.65 Å². The molecule has 0 aliphatic heterocycles. The Kier molecular flexibility index (Phi) is 4.31. The highest BCUT2D eigenvalue weighted by molar-refractivity contribution is 7.89. The number of nitrogen functional groups attached to an aromatic ring is 1. The summed E-state index contributed by atoms with van der Waals surface area (Å²) in [5, 5.41) is 7.90. The van der Waals surface area contributed by atoms with Gasteiger partial charge in [0, 0.05) is 27.7 Å². The van der Waals surface area contributed by atoms with Crippen molar-refractivity contribution in [2.45, 2.75) is 11.4 Å². The minimum atomic E-state index is -3.43. The lowest BCUT2D eigenvalue weighted by atomic mass is 10.2. The molecular weight excluding hydrogens is 342 g/mol. The van der Waals surface area contributed by atoms with Gasteiger partial charge in [-0.05, 0) is 17.7 Å². The van der Waals surface area contributed by atoms with Crippen molar-refractivity contribution in [3.63, 3.8) is 0 Å². The highest BCUT2D eigenvalue weighted by Crippen LogP contribution is 2.19. The van der Waals surface area contributed by atoms with Crippen molar-refractivity contribution in [3.8, 4) is 0 Å². The Morgan fingerprint density at radius 3 is 2.52 bits per heavy atom. The van der Waals surface area contributed by atoms with Crippen LogP contribution in [0.15, 0.2) is 35.4 Å². The van der Waals surface area contributed by atoms with E-state index in [-0.39, 0.29) is 4.90 Å². The number of hydrogen-bond acceptors (Lipinski definition) is 7. The van der Waals surface area contributed by atoms with Gasteiger partial charge >= 0.3 is 0 Å². The van der Waals surface area contributed by atoms with E-state index in [0.29, 0.717) is 29.3 Å². The number of aromatic nitrogens is 4. The standard InChI is InChI=1S/C15H19N7O2S/c1-21(2)25(23,24)11-6-4-10(5-7-11)8-17-15-19-13(16)12-9-18-22(3)14(12)20-15/h4-7,9H,8H2,1-3H3,(H3,16,17,19,20). The van der Waals surface area contributed by atoms with Crippen molar-refractivity contribution in [1.29, 1.82) is 0 Å². The van der Waals surface area contributed by atoms with E-state index in [2.05, 4.69) is 20.4 Å². The Bertz CT molecular complexity index is 1010. The summed E-state index contributed by atoms with van der Waals surface area (Å²) in [5.41, 5.74) is 7.45. The van der Waals surface area contributed by atoms with Crippen LogP contribution in [0.3, 0.4) is 0 Å². The molecule has 0 atom stereocenters. The van der Waals surface area contributed by atoms with Crippen molar-refractivity contribution < 1.29 is 8.42 Å². The smallest absolute Gasteiger partial charge is 0.242 e. The van der Waals surface area contributed by atoms with E-state index >= 15 is 0 Å². The Morgan fingerprint density at radius 2 is 1.88 bits per heavy atom. The quantitative estimate of drug-likeness (QED) is 0.690. The van der Waals surface area contributed by atoms with Crippen molar-refractivity contribution >= 4 is 32.8 Å². The number of nitrogens with one attached hydrogen (secondary N) is 1. The normalized spacial score (nSPS) is 12.0. The second-order valence-electron chi connectivity index (χ2n) is 5.72. The molecular formula is C15H19N7O2S. The molecule has 0 aliphatic rings. The van der Waals surface area contributed by atoms with Gasteiger partial charge in [-0.2, -0.15) is 15.1 Å².